The molecule has 0 aromatic heterocycles. The predicted octanol–water partition coefficient (Wildman–Crippen LogP) is 1.52. The molecule has 1 saturated heterocycles. The lowest BCUT2D eigenvalue weighted by atomic mass is 10.1. The summed E-state index contributed by atoms with van der Waals surface area (Å²) in [6, 6.07) is 7.40. The second-order valence-electron chi connectivity index (χ2n) is 6.26. The number of benzene rings is 1. The van der Waals surface area contributed by atoms with Crippen molar-refractivity contribution < 1.29 is 14.3 Å². The van der Waals surface area contributed by atoms with Crippen molar-refractivity contribution in [2.24, 2.45) is 5.10 Å². The molecule has 142 valence electrons. The van der Waals surface area contributed by atoms with E-state index in [1.807, 2.05) is 31.2 Å². The molecule has 26 heavy (non-hydrogen) atoms. The van der Waals surface area contributed by atoms with E-state index in [1.165, 1.54) is 4.90 Å². The Morgan fingerprint density at radius 2 is 2.12 bits per heavy atom. The van der Waals surface area contributed by atoms with Crippen LogP contribution < -0.4 is 15.5 Å². The highest BCUT2D eigenvalue weighted by Crippen LogP contribution is 2.13. The molecule has 0 saturated carbocycles. The first-order valence-corrected chi connectivity index (χ1v) is 8.99. The Hall–Kier alpha value is -2.19. The summed E-state index contributed by atoms with van der Waals surface area (Å²) in [7, 11) is 3.39. The summed E-state index contributed by atoms with van der Waals surface area (Å²) < 4.78 is 11.0. The maximum atomic E-state index is 11.5. The smallest absolute Gasteiger partial charge is 0.259 e. The van der Waals surface area contributed by atoms with Crippen LogP contribution in [0.5, 0.6) is 5.75 Å². The van der Waals surface area contributed by atoms with Gasteiger partial charge in [-0.2, -0.15) is 5.10 Å². The molecular formula is C18H26N4O3S. The molecule has 1 aromatic rings. The van der Waals surface area contributed by atoms with Gasteiger partial charge in [0.2, 0.25) is 0 Å². The van der Waals surface area contributed by atoms with Crippen molar-refractivity contribution in [3.63, 3.8) is 0 Å². The lowest BCUT2D eigenvalue weighted by Crippen LogP contribution is -2.37. The van der Waals surface area contributed by atoms with E-state index in [0.29, 0.717) is 17.4 Å². The Morgan fingerprint density at radius 1 is 1.38 bits per heavy atom. The number of amides is 1. The summed E-state index contributed by atoms with van der Waals surface area (Å²) in [6.07, 6.45) is 2.39. The summed E-state index contributed by atoms with van der Waals surface area (Å²) in [6.45, 7) is 3.43. The van der Waals surface area contributed by atoms with Crippen LogP contribution in [0.15, 0.2) is 29.4 Å². The van der Waals surface area contributed by atoms with E-state index in [2.05, 4.69) is 15.8 Å². The minimum Gasteiger partial charge on any atom is -0.484 e. The molecule has 2 rings (SSSR count). The van der Waals surface area contributed by atoms with Crippen molar-refractivity contribution in [1.82, 2.24) is 15.6 Å². The van der Waals surface area contributed by atoms with Crippen LogP contribution in [0.25, 0.3) is 0 Å². The van der Waals surface area contributed by atoms with Gasteiger partial charge in [-0.25, -0.2) is 0 Å². The maximum absolute atomic E-state index is 11.5. The van der Waals surface area contributed by atoms with Crippen molar-refractivity contribution in [3.8, 4) is 5.75 Å². The number of carbonyl (C=O) groups is 1. The quantitative estimate of drug-likeness (QED) is 0.426. The summed E-state index contributed by atoms with van der Waals surface area (Å²) >= 11 is 5.22. The number of hydrogen-bond acceptors (Lipinski definition) is 5. The third kappa shape index (κ3) is 6.61. The Labute approximate surface area is 159 Å². The van der Waals surface area contributed by atoms with Crippen LogP contribution in [-0.2, 0) is 9.53 Å². The zero-order chi connectivity index (χ0) is 18.9. The van der Waals surface area contributed by atoms with Crippen LogP contribution in [0.4, 0.5) is 0 Å². The number of carbonyl (C=O) groups excluding carboxylic acids is 1. The molecule has 0 spiro atoms. The zero-order valence-electron chi connectivity index (χ0n) is 15.4. The lowest BCUT2D eigenvalue weighted by molar-refractivity contribution is -0.130. The number of likely N-dealkylation sites (N-methyl/N-ethyl adjacent to an activating group) is 1. The molecule has 1 fully saturated rings. The largest absolute Gasteiger partial charge is 0.484 e. The molecule has 1 atom stereocenters. The fourth-order valence-electron chi connectivity index (χ4n) is 2.32. The standard InChI is InChI=1S/C18H26N4O3S/c1-13(20-21-18(26)19-11-16-5-4-10-24-16)14-6-8-15(9-7-14)25-12-17(23)22(2)3/h6-9,16H,4-5,10-12H2,1-3H3,(H2,19,21,26)/b20-13+. The lowest BCUT2D eigenvalue weighted by Gasteiger charge is -2.12. The van der Waals surface area contributed by atoms with Crippen molar-refractivity contribution >= 4 is 28.9 Å². The van der Waals surface area contributed by atoms with Gasteiger partial charge < -0.3 is 19.7 Å². The van der Waals surface area contributed by atoms with Crippen LogP contribution in [0.1, 0.15) is 25.3 Å². The molecule has 1 aromatic carbocycles. The molecule has 1 aliphatic rings. The number of rotatable bonds is 7. The van der Waals surface area contributed by atoms with Gasteiger partial charge in [-0.3, -0.25) is 10.2 Å². The number of ether oxygens (including phenoxy) is 2. The predicted molar refractivity (Wildman–Crippen MR) is 106 cm³/mol. The molecule has 0 bridgehead atoms. The first kappa shape index (κ1) is 20.1. The second kappa shape index (κ2) is 10.1. The molecule has 8 heteroatoms. The van der Waals surface area contributed by atoms with E-state index >= 15 is 0 Å². The van der Waals surface area contributed by atoms with Crippen LogP contribution in [0.2, 0.25) is 0 Å². The van der Waals surface area contributed by atoms with E-state index in [9.17, 15) is 4.79 Å². The van der Waals surface area contributed by atoms with Crippen molar-refractivity contribution in [1.29, 1.82) is 0 Å². The van der Waals surface area contributed by atoms with Gasteiger partial charge >= 0.3 is 0 Å². The third-order valence-corrected chi connectivity index (χ3v) is 4.21. The average Bonchev–Trinajstić information content (AvgIpc) is 3.16. The molecule has 1 unspecified atom stereocenters. The second-order valence-corrected chi connectivity index (χ2v) is 6.66. The van der Waals surface area contributed by atoms with Gasteiger partial charge in [0.25, 0.3) is 5.91 Å². The number of hydrogen-bond donors (Lipinski definition) is 2. The van der Waals surface area contributed by atoms with E-state index in [-0.39, 0.29) is 18.6 Å². The van der Waals surface area contributed by atoms with E-state index < -0.39 is 0 Å². The Balaban J connectivity index is 1.78. The van der Waals surface area contributed by atoms with E-state index in [0.717, 1.165) is 30.7 Å². The fraction of sp³-hybridized carbons (Fsp3) is 0.500. The molecule has 0 radical (unpaired) electrons. The van der Waals surface area contributed by atoms with Gasteiger partial charge in [-0.15, -0.1) is 0 Å². The summed E-state index contributed by atoms with van der Waals surface area (Å²) in [5, 5.41) is 7.87. The molecule has 0 aliphatic carbocycles. The highest BCUT2D eigenvalue weighted by atomic mass is 32.1. The molecule has 1 heterocycles. The SMILES string of the molecule is C/C(=N\NC(=S)NCC1CCCO1)c1ccc(OCC(=O)N(C)C)cc1. The van der Waals surface area contributed by atoms with Gasteiger partial charge in [-0.05, 0) is 61.8 Å². The topological polar surface area (TPSA) is 75.2 Å². The highest BCUT2D eigenvalue weighted by Gasteiger charge is 2.15. The van der Waals surface area contributed by atoms with Gasteiger partial charge in [0.15, 0.2) is 11.7 Å². The first-order chi connectivity index (χ1) is 12.5. The Bertz CT molecular complexity index is 640. The average molecular weight is 378 g/mol. The summed E-state index contributed by atoms with van der Waals surface area (Å²) in [5.74, 6) is 0.554. The van der Waals surface area contributed by atoms with Crippen LogP contribution in [0.3, 0.4) is 0 Å². The molecule has 2 N–H and O–H groups in total. The Morgan fingerprint density at radius 3 is 2.73 bits per heavy atom. The molecule has 1 amide bonds. The van der Waals surface area contributed by atoms with Gasteiger partial charge in [-0.1, -0.05) is 0 Å². The highest BCUT2D eigenvalue weighted by molar-refractivity contribution is 7.80. The van der Waals surface area contributed by atoms with Crippen LogP contribution in [0, 0.1) is 0 Å². The fourth-order valence-corrected chi connectivity index (χ4v) is 2.45. The minimum absolute atomic E-state index is 0.0195. The first-order valence-electron chi connectivity index (χ1n) is 8.59. The number of nitrogens with zero attached hydrogens (tertiary/aromatic N) is 2. The van der Waals surface area contributed by atoms with Gasteiger partial charge in [0.05, 0.1) is 11.8 Å². The van der Waals surface area contributed by atoms with E-state index in [4.69, 9.17) is 21.7 Å². The molecule has 1 aliphatic heterocycles. The monoisotopic (exact) mass is 378 g/mol. The van der Waals surface area contributed by atoms with Crippen molar-refractivity contribution in [3.05, 3.63) is 29.8 Å². The van der Waals surface area contributed by atoms with E-state index in [1.54, 1.807) is 14.1 Å². The van der Waals surface area contributed by atoms with Crippen molar-refractivity contribution in [2.75, 3.05) is 33.9 Å². The molecular weight excluding hydrogens is 352 g/mol. The Kier molecular flexibility index (Phi) is 7.80. The molecule has 7 nitrogen and oxygen atoms in total. The normalized spacial score (nSPS) is 16.9. The van der Waals surface area contributed by atoms with Gasteiger partial charge in [0.1, 0.15) is 5.75 Å². The zero-order valence-corrected chi connectivity index (χ0v) is 16.3. The third-order valence-electron chi connectivity index (χ3n) is 3.97. The van der Waals surface area contributed by atoms with Gasteiger partial charge in [0, 0.05) is 27.2 Å². The maximum Gasteiger partial charge on any atom is 0.259 e. The number of nitrogens with one attached hydrogen (secondary N) is 2. The summed E-state index contributed by atoms with van der Waals surface area (Å²) in [4.78, 5) is 13.0. The summed E-state index contributed by atoms with van der Waals surface area (Å²) in [5.41, 5.74) is 4.57. The minimum atomic E-state index is -0.0833. The van der Waals surface area contributed by atoms with Crippen molar-refractivity contribution in [2.45, 2.75) is 25.9 Å². The van der Waals surface area contributed by atoms with Crippen LogP contribution >= 0.6 is 12.2 Å². The van der Waals surface area contributed by atoms with Crippen LogP contribution in [-0.4, -0.2) is 61.6 Å². The number of thiocarbonyl (C=S) groups is 1. The number of hydrazone groups is 1.